The molecule has 0 atom stereocenters. The van der Waals surface area contributed by atoms with Gasteiger partial charge in [0.25, 0.3) is 5.91 Å². The number of pyridine rings is 1. The molecule has 0 saturated heterocycles. The summed E-state index contributed by atoms with van der Waals surface area (Å²) in [6.45, 7) is 1.48. The van der Waals surface area contributed by atoms with Crippen molar-refractivity contribution in [2.75, 3.05) is 21.3 Å². The number of nitrogens with zero attached hydrogens (tertiary/aromatic N) is 3. The largest absolute Gasteiger partial charge is 0.497 e. The van der Waals surface area contributed by atoms with Crippen LogP contribution in [-0.2, 0) is 24.4 Å². The van der Waals surface area contributed by atoms with Crippen molar-refractivity contribution < 1.29 is 19.0 Å². The first-order valence-corrected chi connectivity index (χ1v) is 10.5. The van der Waals surface area contributed by atoms with Crippen molar-refractivity contribution in [2.24, 2.45) is 0 Å². The van der Waals surface area contributed by atoms with Crippen molar-refractivity contribution in [2.45, 2.75) is 19.7 Å². The van der Waals surface area contributed by atoms with Crippen LogP contribution in [0.15, 0.2) is 60.9 Å². The summed E-state index contributed by atoms with van der Waals surface area (Å²) in [5.74, 6) is 1.25. The number of nitrogens with one attached hydrogen (secondary N) is 1. The van der Waals surface area contributed by atoms with Crippen LogP contribution in [0, 0.1) is 0 Å². The first-order chi connectivity index (χ1) is 16.1. The Morgan fingerprint density at radius 3 is 2.48 bits per heavy atom. The molecule has 2 aromatic heterocycles. The first-order valence-electron chi connectivity index (χ1n) is 10.5. The summed E-state index contributed by atoms with van der Waals surface area (Å²) in [6.07, 6.45) is 3.28. The Balaban J connectivity index is 1.45. The summed E-state index contributed by atoms with van der Waals surface area (Å²) in [6, 6.07) is 15.4. The molecule has 33 heavy (non-hydrogen) atoms. The van der Waals surface area contributed by atoms with Gasteiger partial charge in [0.2, 0.25) is 0 Å². The molecule has 4 rings (SSSR count). The van der Waals surface area contributed by atoms with Crippen LogP contribution in [0.3, 0.4) is 0 Å². The van der Waals surface area contributed by atoms with Crippen molar-refractivity contribution in [1.29, 1.82) is 0 Å². The quantitative estimate of drug-likeness (QED) is 0.423. The SMILES string of the molecule is COCc1ccc(CNC(=O)c2cnc3c(cnn3Cc3ccc(OC)cc3OC)c2)cc1. The number of hydrogen-bond acceptors (Lipinski definition) is 6. The standard InChI is InChI=1S/C25H26N4O4/c1-31-16-18-6-4-17(5-7-18)12-27-25(30)21-10-20-14-28-29(24(20)26-13-21)15-19-8-9-22(32-2)11-23(19)33-3/h4-11,13-14H,12,15-16H2,1-3H3,(H,27,30). The van der Waals surface area contributed by atoms with Gasteiger partial charge >= 0.3 is 0 Å². The van der Waals surface area contributed by atoms with Crippen molar-refractivity contribution >= 4 is 16.9 Å². The van der Waals surface area contributed by atoms with E-state index in [-0.39, 0.29) is 5.91 Å². The molecule has 1 amide bonds. The van der Waals surface area contributed by atoms with Gasteiger partial charge in [0.15, 0.2) is 5.65 Å². The Morgan fingerprint density at radius 1 is 0.970 bits per heavy atom. The maximum atomic E-state index is 12.6. The van der Waals surface area contributed by atoms with Crippen LogP contribution in [-0.4, -0.2) is 42.0 Å². The zero-order chi connectivity index (χ0) is 23.2. The van der Waals surface area contributed by atoms with Crippen LogP contribution in [0.2, 0.25) is 0 Å². The molecular formula is C25H26N4O4. The van der Waals surface area contributed by atoms with Crippen LogP contribution in [0.4, 0.5) is 0 Å². The fourth-order valence-corrected chi connectivity index (χ4v) is 3.56. The molecule has 0 aliphatic rings. The number of carbonyl (C=O) groups is 1. The number of benzene rings is 2. The molecule has 8 nitrogen and oxygen atoms in total. The van der Waals surface area contributed by atoms with Gasteiger partial charge in [0.05, 0.1) is 39.1 Å². The van der Waals surface area contributed by atoms with Crippen LogP contribution in [0.25, 0.3) is 11.0 Å². The molecule has 0 saturated carbocycles. The first kappa shape index (κ1) is 22.3. The third-order valence-corrected chi connectivity index (χ3v) is 5.34. The highest BCUT2D eigenvalue weighted by Crippen LogP contribution is 2.26. The number of ether oxygens (including phenoxy) is 3. The number of methoxy groups -OCH3 is 3. The van der Waals surface area contributed by atoms with Gasteiger partial charge in [-0.15, -0.1) is 0 Å². The number of carbonyl (C=O) groups excluding carboxylic acids is 1. The lowest BCUT2D eigenvalue weighted by molar-refractivity contribution is 0.0950. The summed E-state index contributed by atoms with van der Waals surface area (Å²) in [5.41, 5.74) is 4.23. The zero-order valence-electron chi connectivity index (χ0n) is 18.9. The molecule has 0 aliphatic carbocycles. The minimum Gasteiger partial charge on any atom is -0.497 e. The molecule has 0 fully saturated rings. The summed E-state index contributed by atoms with van der Waals surface area (Å²) in [5, 5.41) is 8.18. The van der Waals surface area contributed by atoms with E-state index in [1.807, 2.05) is 42.5 Å². The summed E-state index contributed by atoms with van der Waals surface area (Å²) in [7, 11) is 4.90. The van der Waals surface area contributed by atoms with Crippen molar-refractivity contribution in [3.05, 3.63) is 83.2 Å². The van der Waals surface area contributed by atoms with Gasteiger partial charge in [-0.25, -0.2) is 9.67 Å². The number of rotatable bonds is 9. The van der Waals surface area contributed by atoms with Crippen LogP contribution < -0.4 is 14.8 Å². The normalized spacial score (nSPS) is 10.9. The average Bonchev–Trinajstić information content (AvgIpc) is 3.25. The highest BCUT2D eigenvalue weighted by molar-refractivity contribution is 5.96. The number of aromatic nitrogens is 3. The molecule has 2 aromatic carbocycles. The van der Waals surface area contributed by atoms with Gasteiger partial charge in [-0.2, -0.15) is 5.10 Å². The van der Waals surface area contributed by atoms with E-state index in [1.165, 1.54) is 0 Å². The Morgan fingerprint density at radius 2 is 1.76 bits per heavy atom. The number of amides is 1. The number of hydrogen-bond donors (Lipinski definition) is 1. The van der Waals surface area contributed by atoms with Gasteiger partial charge in [-0.05, 0) is 29.3 Å². The maximum Gasteiger partial charge on any atom is 0.253 e. The van der Waals surface area contributed by atoms with E-state index in [0.29, 0.717) is 36.7 Å². The van der Waals surface area contributed by atoms with Gasteiger partial charge in [-0.3, -0.25) is 4.79 Å². The lowest BCUT2D eigenvalue weighted by atomic mass is 10.1. The van der Waals surface area contributed by atoms with E-state index in [0.717, 1.165) is 27.8 Å². The molecule has 8 heteroatoms. The lowest BCUT2D eigenvalue weighted by Gasteiger charge is -2.11. The predicted molar refractivity (Wildman–Crippen MR) is 125 cm³/mol. The van der Waals surface area contributed by atoms with Crippen LogP contribution >= 0.6 is 0 Å². The predicted octanol–water partition coefficient (Wildman–Crippen LogP) is 3.57. The minimum absolute atomic E-state index is 0.185. The average molecular weight is 447 g/mol. The lowest BCUT2D eigenvalue weighted by Crippen LogP contribution is -2.22. The molecule has 4 aromatic rings. The number of fused-ring (bicyclic) bond motifs is 1. The van der Waals surface area contributed by atoms with Crippen LogP contribution in [0.5, 0.6) is 11.5 Å². The highest BCUT2D eigenvalue weighted by Gasteiger charge is 2.13. The van der Waals surface area contributed by atoms with Crippen molar-refractivity contribution in [3.63, 3.8) is 0 Å². The Kier molecular flexibility index (Phi) is 6.85. The van der Waals surface area contributed by atoms with E-state index >= 15 is 0 Å². The van der Waals surface area contributed by atoms with Crippen molar-refractivity contribution in [1.82, 2.24) is 20.1 Å². The Hall–Kier alpha value is -3.91. The van der Waals surface area contributed by atoms with E-state index < -0.39 is 0 Å². The molecule has 170 valence electrons. The van der Waals surface area contributed by atoms with Gasteiger partial charge < -0.3 is 19.5 Å². The Bertz CT molecular complexity index is 1250. The van der Waals surface area contributed by atoms with E-state index in [9.17, 15) is 4.79 Å². The topological polar surface area (TPSA) is 87.5 Å². The second-order valence-corrected chi connectivity index (χ2v) is 7.55. The molecule has 0 radical (unpaired) electrons. The second-order valence-electron chi connectivity index (χ2n) is 7.55. The van der Waals surface area contributed by atoms with Gasteiger partial charge in [0, 0.05) is 36.9 Å². The molecule has 0 aliphatic heterocycles. The summed E-state index contributed by atoms with van der Waals surface area (Å²) < 4.78 is 17.6. The molecule has 0 unspecified atom stereocenters. The third-order valence-electron chi connectivity index (χ3n) is 5.34. The maximum absolute atomic E-state index is 12.6. The van der Waals surface area contributed by atoms with Gasteiger partial charge in [-0.1, -0.05) is 24.3 Å². The smallest absolute Gasteiger partial charge is 0.253 e. The van der Waals surface area contributed by atoms with E-state index in [1.54, 1.807) is 44.5 Å². The molecule has 0 spiro atoms. The van der Waals surface area contributed by atoms with Crippen LogP contribution in [0.1, 0.15) is 27.0 Å². The summed E-state index contributed by atoms with van der Waals surface area (Å²) in [4.78, 5) is 17.1. The van der Waals surface area contributed by atoms with E-state index in [4.69, 9.17) is 14.2 Å². The molecular weight excluding hydrogens is 420 g/mol. The van der Waals surface area contributed by atoms with E-state index in [2.05, 4.69) is 15.4 Å². The fourth-order valence-electron chi connectivity index (χ4n) is 3.56. The molecule has 1 N–H and O–H groups in total. The monoisotopic (exact) mass is 446 g/mol. The fraction of sp³-hybridized carbons (Fsp3) is 0.240. The van der Waals surface area contributed by atoms with Gasteiger partial charge in [0.1, 0.15) is 11.5 Å². The minimum atomic E-state index is -0.185. The Labute approximate surface area is 192 Å². The second kappa shape index (κ2) is 10.1. The molecule has 0 bridgehead atoms. The highest BCUT2D eigenvalue weighted by atomic mass is 16.5. The summed E-state index contributed by atoms with van der Waals surface area (Å²) >= 11 is 0. The molecule has 2 heterocycles. The van der Waals surface area contributed by atoms with Crippen molar-refractivity contribution in [3.8, 4) is 11.5 Å². The third kappa shape index (κ3) is 5.12. The zero-order valence-corrected chi connectivity index (χ0v) is 18.9.